The van der Waals surface area contributed by atoms with Gasteiger partial charge in [-0.25, -0.2) is 14.7 Å². The van der Waals surface area contributed by atoms with Gasteiger partial charge in [-0.15, -0.1) is 0 Å². The van der Waals surface area contributed by atoms with Crippen LogP contribution in [-0.2, 0) is 14.3 Å². The molecule has 0 atom stereocenters. The van der Waals surface area contributed by atoms with Gasteiger partial charge in [-0.05, 0) is 26.8 Å². The highest BCUT2D eigenvalue weighted by atomic mass is 16.6. The minimum atomic E-state index is -0.807. The number of hydrogen-bond acceptors (Lipinski definition) is 6. The maximum Gasteiger partial charge on any atom is 0.360 e. The van der Waals surface area contributed by atoms with Gasteiger partial charge >= 0.3 is 11.9 Å². The van der Waals surface area contributed by atoms with Gasteiger partial charge in [0.15, 0.2) is 12.3 Å². The number of aromatic nitrogens is 2. The highest BCUT2D eigenvalue weighted by Gasteiger charge is 2.20. The molecule has 0 bridgehead atoms. The molecule has 1 N–H and O–H groups in total. The molecule has 0 unspecified atom stereocenters. The summed E-state index contributed by atoms with van der Waals surface area (Å²) in [6, 6.07) is 6.50. The first-order valence-electron chi connectivity index (χ1n) is 6.64. The molecular formula is C15H16N2O5. The van der Waals surface area contributed by atoms with E-state index in [1.54, 1.807) is 45.0 Å². The maximum atomic E-state index is 12.0. The molecule has 2 rings (SSSR count). The first-order chi connectivity index (χ1) is 10.3. The molecule has 22 heavy (non-hydrogen) atoms. The summed E-state index contributed by atoms with van der Waals surface area (Å²) < 4.78 is 9.92. The molecule has 7 nitrogen and oxygen atoms in total. The first kappa shape index (κ1) is 15.7. The Balaban J connectivity index is 2.16. The molecule has 1 heterocycles. The summed E-state index contributed by atoms with van der Waals surface area (Å²) in [5.74, 6) is -1.46. The van der Waals surface area contributed by atoms with Crippen molar-refractivity contribution in [2.75, 3.05) is 6.61 Å². The van der Waals surface area contributed by atoms with Crippen LogP contribution in [0.15, 0.2) is 29.1 Å². The van der Waals surface area contributed by atoms with Crippen LogP contribution < -0.4 is 5.56 Å². The molecule has 0 amide bonds. The summed E-state index contributed by atoms with van der Waals surface area (Å²) in [4.78, 5) is 35.2. The second-order valence-electron chi connectivity index (χ2n) is 5.61. The number of rotatable bonds is 3. The fourth-order valence-corrected chi connectivity index (χ4v) is 1.83. The average Bonchev–Trinajstić information content (AvgIpc) is 2.44. The summed E-state index contributed by atoms with van der Waals surface area (Å²) >= 11 is 0. The van der Waals surface area contributed by atoms with Crippen molar-refractivity contribution in [3.63, 3.8) is 0 Å². The van der Waals surface area contributed by atoms with Gasteiger partial charge in [0.1, 0.15) is 5.60 Å². The highest BCUT2D eigenvalue weighted by Crippen LogP contribution is 2.13. The topological polar surface area (TPSA) is 98.3 Å². The Labute approximate surface area is 126 Å². The van der Waals surface area contributed by atoms with Crippen molar-refractivity contribution in [2.24, 2.45) is 0 Å². The molecule has 0 radical (unpaired) electrons. The van der Waals surface area contributed by atoms with E-state index in [4.69, 9.17) is 9.47 Å². The van der Waals surface area contributed by atoms with Crippen LogP contribution in [0.25, 0.3) is 10.8 Å². The molecule has 0 saturated carbocycles. The minimum absolute atomic E-state index is 0.0567. The summed E-state index contributed by atoms with van der Waals surface area (Å²) in [6.45, 7) is 4.61. The SMILES string of the molecule is CC(C)(C)OC(=O)COC(=O)c1n[nH]c(=O)c2ccccc12. The minimum Gasteiger partial charge on any atom is -0.457 e. The lowest BCUT2D eigenvalue weighted by Gasteiger charge is -2.19. The monoisotopic (exact) mass is 304 g/mol. The van der Waals surface area contributed by atoms with Gasteiger partial charge in [0.25, 0.3) is 5.56 Å². The predicted octanol–water partition coefficient (Wildman–Crippen LogP) is 1.42. The molecule has 0 spiro atoms. The average molecular weight is 304 g/mol. The first-order valence-corrected chi connectivity index (χ1v) is 6.64. The van der Waals surface area contributed by atoms with E-state index in [-0.39, 0.29) is 5.69 Å². The van der Waals surface area contributed by atoms with Crippen molar-refractivity contribution in [1.29, 1.82) is 0 Å². The lowest BCUT2D eigenvalue weighted by atomic mass is 10.1. The summed E-state index contributed by atoms with van der Waals surface area (Å²) in [6.07, 6.45) is 0. The second-order valence-corrected chi connectivity index (χ2v) is 5.61. The van der Waals surface area contributed by atoms with E-state index in [9.17, 15) is 14.4 Å². The number of hydrogen-bond donors (Lipinski definition) is 1. The van der Waals surface area contributed by atoms with E-state index in [0.29, 0.717) is 10.8 Å². The summed E-state index contributed by atoms with van der Waals surface area (Å²) in [5, 5.41) is 6.60. The van der Waals surface area contributed by atoms with Crippen molar-refractivity contribution in [3.8, 4) is 0 Å². The number of nitrogens with zero attached hydrogens (tertiary/aromatic N) is 1. The third kappa shape index (κ3) is 3.69. The standard InChI is InChI=1S/C15H16N2O5/c1-15(2,3)22-11(18)8-21-14(20)12-9-6-4-5-7-10(9)13(19)17-16-12/h4-7H,8H2,1-3H3,(H,17,19). The van der Waals surface area contributed by atoms with Gasteiger partial charge in [-0.3, -0.25) is 4.79 Å². The van der Waals surface area contributed by atoms with E-state index in [1.165, 1.54) is 0 Å². The van der Waals surface area contributed by atoms with Gasteiger partial charge in [0.05, 0.1) is 5.39 Å². The number of H-pyrrole nitrogens is 1. The van der Waals surface area contributed by atoms with Gasteiger partial charge in [0.2, 0.25) is 0 Å². The number of aromatic amines is 1. The number of carbonyl (C=O) groups excluding carboxylic acids is 2. The van der Waals surface area contributed by atoms with Crippen LogP contribution in [0.5, 0.6) is 0 Å². The van der Waals surface area contributed by atoms with Gasteiger partial charge in [0, 0.05) is 5.39 Å². The van der Waals surface area contributed by atoms with Crippen LogP contribution in [0.3, 0.4) is 0 Å². The molecule has 7 heteroatoms. The lowest BCUT2D eigenvalue weighted by molar-refractivity contribution is -0.158. The zero-order valence-corrected chi connectivity index (χ0v) is 12.5. The number of benzene rings is 1. The normalized spacial score (nSPS) is 11.2. The Morgan fingerprint density at radius 1 is 1.18 bits per heavy atom. The lowest BCUT2D eigenvalue weighted by Crippen LogP contribution is -2.27. The Morgan fingerprint density at radius 3 is 2.45 bits per heavy atom. The van der Waals surface area contributed by atoms with Gasteiger partial charge < -0.3 is 9.47 Å². The number of esters is 2. The molecule has 116 valence electrons. The molecule has 1 aromatic carbocycles. The quantitative estimate of drug-likeness (QED) is 0.861. The molecule has 0 aliphatic heterocycles. The summed E-state index contributed by atoms with van der Waals surface area (Å²) in [5.41, 5.74) is -1.12. The van der Waals surface area contributed by atoms with Crippen molar-refractivity contribution < 1.29 is 19.1 Å². The molecule has 2 aromatic rings. The van der Waals surface area contributed by atoms with Crippen LogP contribution in [-0.4, -0.2) is 34.3 Å². The molecule has 0 fully saturated rings. The van der Waals surface area contributed by atoms with Crippen LogP contribution in [0.4, 0.5) is 0 Å². The van der Waals surface area contributed by atoms with Gasteiger partial charge in [-0.2, -0.15) is 5.10 Å². The van der Waals surface area contributed by atoms with Crippen LogP contribution in [0.2, 0.25) is 0 Å². The molecule has 0 aliphatic carbocycles. The third-order valence-electron chi connectivity index (χ3n) is 2.63. The van der Waals surface area contributed by atoms with E-state index >= 15 is 0 Å². The van der Waals surface area contributed by atoms with E-state index in [2.05, 4.69) is 10.2 Å². The molecule has 0 saturated heterocycles. The molecular weight excluding hydrogens is 288 g/mol. The van der Waals surface area contributed by atoms with E-state index in [0.717, 1.165) is 0 Å². The smallest absolute Gasteiger partial charge is 0.360 e. The number of nitrogens with one attached hydrogen (secondary N) is 1. The Morgan fingerprint density at radius 2 is 1.82 bits per heavy atom. The highest BCUT2D eigenvalue weighted by molar-refractivity contribution is 6.02. The van der Waals surface area contributed by atoms with Gasteiger partial charge in [-0.1, -0.05) is 18.2 Å². The Kier molecular flexibility index (Phi) is 4.25. The Hall–Kier alpha value is -2.70. The number of fused-ring (bicyclic) bond motifs is 1. The van der Waals surface area contributed by atoms with Crippen LogP contribution >= 0.6 is 0 Å². The molecule has 0 aliphatic rings. The van der Waals surface area contributed by atoms with Crippen LogP contribution in [0.1, 0.15) is 31.3 Å². The Bertz CT molecular complexity index is 773. The van der Waals surface area contributed by atoms with Crippen molar-refractivity contribution in [2.45, 2.75) is 26.4 Å². The van der Waals surface area contributed by atoms with Crippen molar-refractivity contribution >= 4 is 22.7 Å². The van der Waals surface area contributed by atoms with Crippen LogP contribution in [0, 0.1) is 0 Å². The number of ether oxygens (including phenoxy) is 2. The van der Waals surface area contributed by atoms with Crippen molar-refractivity contribution in [1.82, 2.24) is 10.2 Å². The number of carbonyl (C=O) groups is 2. The van der Waals surface area contributed by atoms with Crippen molar-refractivity contribution in [3.05, 3.63) is 40.3 Å². The predicted molar refractivity (Wildman–Crippen MR) is 78.5 cm³/mol. The fourth-order valence-electron chi connectivity index (χ4n) is 1.83. The fraction of sp³-hybridized carbons (Fsp3) is 0.333. The zero-order chi connectivity index (χ0) is 16.3. The largest absolute Gasteiger partial charge is 0.457 e. The van der Waals surface area contributed by atoms with E-state index in [1.807, 2.05) is 0 Å². The zero-order valence-electron chi connectivity index (χ0n) is 12.5. The molecule has 1 aromatic heterocycles. The third-order valence-corrected chi connectivity index (χ3v) is 2.63. The maximum absolute atomic E-state index is 12.0. The van der Waals surface area contributed by atoms with E-state index < -0.39 is 29.7 Å². The summed E-state index contributed by atoms with van der Waals surface area (Å²) in [7, 11) is 0. The second kappa shape index (κ2) is 5.97.